The van der Waals surface area contributed by atoms with Crippen molar-refractivity contribution in [3.8, 4) is 17.2 Å². The Bertz CT molecular complexity index is 594. The van der Waals surface area contributed by atoms with Crippen molar-refractivity contribution in [2.45, 2.75) is 6.54 Å². The Morgan fingerprint density at radius 2 is 1.96 bits per heavy atom. The standard InChI is InChI=1S/C16H22N4O3/c1-21-14-4-2-13(3-5-14)16-19-18-15(23-16)12-17-6-7-20-8-10-22-11-9-20/h2-5,17H,6-12H2,1H3. The molecule has 0 unspecified atom stereocenters. The molecule has 2 heterocycles. The van der Waals surface area contributed by atoms with Crippen molar-refractivity contribution in [2.75, 3.05) is 46.5 Å². The molecule has 0 atom stereocenters. The maximum atomic E-state index is 5.68. The summed E-state index contributed by atoms with van der Waals surface area (Å²) >= 11 is 0. The molecule has 0 spiro atoms. The van der Waals surface area contributed by atoms with Crippen LogP contribution in [-0.4, -0.2) is 61.6 Å². The van der Waals surface area contributed by atoms with Crippen molar-refractivity contribution in [2.24, 2.45) is 0 Å². The summed E-state index contributed by atoms with van der Waals surface area (Å²) in [5.74, 6) is 1.92. The van der Waals surface area contributed by atoms with E-state index < -0.39 is 0 Å². The van der Waals surface area contributed by atoms with Crippen LogP contribution in [0.25, 0.3) is 11.5 Å². The molecule has 1 aliphatic rings. The zero-order valence-corrected chi connectivity index (χ0v) is 13.3. The predicted octanol–water partition coefficient (Wildman–Crippen LogP) is 1.17. The Labute approximate surface area is 135 Å². The lowest BCUT2D eigenvalue weighted by molar-refractivity contribution is 0.0383. The summed E-state index contributed by atoms with van der Waals surface area (Å²) in [5.41, 5.74) is 0.887. The van der Waals surface area contributed by atoms with Crippen molar-refractivity contribution in [1.29, 1.82) is 0 Å². The predicted molar refractivity (Wildman–Crippen MR) is 85.3 cm³/mol. The molecule has 0 saturated carbocycles. The monoisotopic (exact) mass is 318 g/mol. The molecule has 7 nitrogen and oxygen atoms in total. The summed E-state index contributed by atoms with van der Waals surface area (Å²) in [6.45, 7) is 6.13. The van der Waals surface area contributed by atoms with Crippen molar-refractivity contribution in [3.63, 3.8) is 0 Å². The first-order valence-corrected chi connectivity index (χ1v) is 7.83. The van der Waals surface area contributed by atoms with Gasteiger partial charge >= 0.3 is 0 Å². The normalized spacial score (nSPS) is 15.7. The SMILES string of the molecule is COc1ccc(-c2nnc(CNCCN3CCOCC3)o2)cc1. The summed E-state index contributed by atoms with van der Waals surface area (Å²) in [6.07, 6.45) is 0. The van der Waals surface area contributed by atoms with Gasteiger partial charge in [-0.2, -0.15) is 0 Å². The number of rotatable bonds is 7. The molecule has 1 aromatic carbocycles. The van der Waals surface area contributed by atoms with Crippen LogP contribution in [-0.2, 0) is 11.3 Å². The number of hydrogen-bond acceptors (Lipinski definition) is 7. The van der Waals surface area contributed by atoms with Crippen LogP contribution in [0, 0.1) is 0 Å². The molecule has 2 aromatic rings. The lowest BCUT2D eigenvalue weighted by Crippen LogP contribution is -2.40. The van der Waals surface area contributed by atoms with Gasteiger partial charge < -0.3 is 19.2 Å². The maximum Gasteiger partial charge on any atom is 0.247 e. The number of benzene rings is 1. The van der Waals surface area contributed by atoms with Gasteiger partial charge in [0.1, 0.15) is 5.75 Å². The third-order valence-corrected chi connectivity index (χ3v) is 3.79. The minimum atomic E-state index is 0.526. The van der Waals surface area contributed by atoms with E-state index in [4.69, 9.17) is 13.9 Å². The minimum Gasteiger partial charge on any atom is -0.497 e. The van der Waals surface area contributed by atoms with Gasteiger partial charge in [-0.25, -0.2) is 0 Å². The second-order valence-corrected chi connectivity index (χ2v) is 5.36. The molecule has 0 amide bonds. The second kappa shape index (κ2) is 8.05. The molecule has 7 heteroatoms. The highest BCUT2D eigenvalue weighted by Crippen LogP contribution is 2.20. The number of methoxy groups -OCH3 is 1. The molecule has 0 radical (unpaired) electrons. The molecule has 1 saturated heterocycles. The van der Waals surface area contributed by atoms with E-state index in [-0.39, 0.29) is 0 Å². The second-order valence-electron chi connectivity index (χ2n) is 5.36. The zero-order valence-electron chi connectivity index (χ0n) is 13.3. The lowest BCUT2D eigenvalue weighted by atomic mass is 10.2. The van der Waals surface area contributed by atoms with Crippen LogP contribution in [0.5, 0.6) is 5.75 Å². The van der Waals surface area contributed by atoms with Gasteiger partial charge in [0.25, 0.3) is 0 Å². The van der Waals surface area contributed by atoms with Gasteiger partial charge in [0.15, 0.2) is 0 Å². The Kier molecular flexibility index (Phi) is 5.57. The molecule has 23 heavy (non-hydrogen) atoms. The van der Waals surface area contributed by atoms with Gasteiger partial charge in [0.2, 0.25) is 11.8 Å². The molecule has 124 valence electrons. The van der Waals surface area contributed by atoms with Crippen molar-refractivity contribution in [1.82, 2.24) is 20.4 Å². The van der Waals surface area contributed by atoms with E-state index >= 15 is 0 Å². The van der Waals surface area contributed by atoms with Gasteiger partial charge in [-0.15, -0.1) is 10.2 Å². The summed E-state index contributed by atoms with van der Waals surface area (Å²) < 4.78 is 16.1. The highest BCUT2D eigenvalue weighted by atomic mass is 16.5. The lowest BCUT2D eigenvalue weighted by Gasteiger charge is -2.26. The van der Waals surface area contributed by atoms with Crippen LogP contribution < -0.4 is 10.1 Å². The Morgan fingerprint density at radius 3 is 2.70 bits per heavy atom. The first-order chi connectivity index (χ1) is 11.3. The highest BCUT2D eigenvalue weighted by Gasteiger charge is 2.11. The van der Waals surface area contributed by atoms with Gasteiger partial charge in [0, 0.05) is 31.7 Å². The first kappa shape index (κ1) is 15.9. The molecule has 0 bridgehead atoms. The third-order valence-electron chi connectivity index (χ3n) is 3.79. The van der Waals surface area contributed by atoms with E-state index in [0.29, 0.717) is 18.3 Å². The largest absolute Gasteiger partial charge is 0.497 e. The van der Waals surface area contributed by atoms with Crippen molar-refractivity contribution in [3.05, 3.63) is 30.2 Å². The quantitative estimate of drug-likeness (QED) is 0.768. The van der Waals surface area contributed by atoms with Crippen LogP contribution in [0.3, 0.4) is 0 Å². The average Bonchev–Trinajstić information content (AvgIpc) is 3.09. The summed E-state index contributed by atoms with van der Waals surface area (Å²) in [5, 5.41) is 11.5. The molecular weight excluding hydrogens is 296 g/mol. The average molecular weight is 318 g/mol. The zero-order chi connectivity index (χ0) is 15.9. The number of nitrogens with zero attached hydrogens (tertiary/aromatic N) is 3. The summed E-state index contributed by atoms with van der Waals surface area (Å²) in [6, 6.07) is 7.56. The molecule has 1 N–H and O–H groups in total. The Hall–Kier alpha value is -1.96. The summed E-state index contributed by atoms with van der Waals surface area (Å²) in [4.78, 5) is 2.38. The smallest absolute Gasteiger partial charge is 0.247 e. The van der Waals surface area contributed by atoms with E-state index in [9.17, 15) is 0 Å². The third kappa shape index (κ3) is 4.51. The molecule has 3 rings (SSSR count). The van der Waals surface area contributed by atoms with E-state index in [1.807, 2.05) is 24.3 Å². The van der Waals surface area contributed by atoms with Crippen LogP contribution in [0.15, 0.2) is 28.7 Å². The molecule has 0 aliphatic carbocycles. The fraction of sp³-hybridized carbons (Fsp3) is 0.500. The van der Waals surface area contributed by atoms with Gasteiger partial charge in [-0.3, -0.25) is 4.90 Å². The Morgan fingerprint density at radius 1 is 1.17 bits per heavy atom. The van der Waals surface area contributed by atoms with Gasteiger partial charge in [-0.05, 0) is 24.3 Å². The van der Waals surface area contributed by atoms with E-state index in [1.54, 1.807) is 7.11 Å². The molecular formula is C16H22N4O3. The van der Waals surface area contributed by atoms with Crippen LogP contribution in [0.1, 0.15) is 5.89 Å². The van der Waals surface area contributed by atoms with Crippen molar-refractivity contribution >= 4 is 0 Å². The number of nitrogens with one attached hydrogen (secondary N) is 1. The first-order valence-electron chi connectivity index (χ1n) is 7.83. The maximum absolute atomic E-state index is 5.68. The molecule has 1 aromatic heterocycles. The molecule has 1 fully saturated rings. The van der Waals surface area contributed by atoms with E-state index in [2.05, 4.69) is 20.4 Å². The van der Waals surface area contributed by atoms with E-state index in [1.165, 1.54) is 0 Å². The molecule has 1 aliphatic heterocycles. The summed E-state index contributed by atoms with van der Waals surface area (Å²) in [7, 11) is 1.64. The van der Waals surface area contributed by atoms with Crippen LogP contribution >= 0.6 is 0 Å². The minimum absolute atomic E-state index is 0.526. The fourth-order valence-electron chi connectivity index (χ4n) is 2.43. The highest BCUT2D eigenvalue weighted by molar-refractivity contribution is 5.53. The Balaban J connectivity index is 1.45. The number of aromatic nitrogens is 2. The van der Waals surface area contributed by atoms with Crippen LogP contribution in [0.2, 0.25) is 0 Å². The van der Waals surface area contributed by atoms with E-state index in [0.717, 1.165) is 50.7 Å². The fourth-order valence-corrected chi connectivity index (χ4v) is 2.43. The van der Waals surface area contributed by atoms with Crippen molar-refractivity contribution < 1.29 is 13.9 Å². The van der Waals surface area contributed by atoms with Crippen LogP contribution in [0.4, 0.5) is 0 Å². The van der Waals surface area contributed by atoms with Gasteiger partial charge in [-0.1, -0.05) is 0 Å². The number of morpholine rings is 1. The number of ether oxygens (including phenoxy) is 2. The van der Waals surface area contributed by atoms with Gasteiger partial charge in [0.05, 0.1) is 26.9 Å². The number of hydrogen-bond donors (Lipinski definition) is 1. The topological polar surface area (TPSA) is 72.7 Å².